The predicted octanol–water partition coefficient (Wildman–Crippen LogP) is 3.91. The van der Waals surface area contributed by atoms with Gasteiger partial charge >= 0.3 is 6.01 Å². The molecule has 0 atom stereocenters. The Morgan fingerprint density at radius 2 is 1.58 bits per heavy atom. The normalized spacial score (nSPS) is 10.5. The van der Waals surface area contributed by atoms with E-state index in [2.05, 4.69) is 32.4 Å². The highest BCUT2D eigenvalue weighted by molar-refractivity contribution is 5.54. The third-order valence-corrected chi connectivity index (χ3v) is 3.46. The van der Waals surface area contributed by atoms with Gasteiger partial charge in [-0.2, -0.15) is 15.0 Å². The van der Waals surface area contributed by atoms with E-state index >= 15 is 0 Å². The van der Waals surface area contributed by atoms with Gasteiger partial charge in [0.25, 0.3) is 0 Å². The third-order valence-electron chi connectivity index (χ3n) is 3.46. The Labute approximate surface area is 140 Å². The van der Waals surface area contributed by atoms with E-state index in [1.54, 1.807) is 0 Å². The summed E-state index contributed by atoms with van der Waals surface area (Å²) < 4.78 is 5.87. The van der Waals surface area contributed by atoms with Crippen LogP contribution in [0.5, 0.6) is 11.8 Å². The zero-order valence-electron chi connectivity index (χ0n) is 13.9. The summed E-state index contributed by atoms with van der Waals surface area (Å²) in [5, 5.41) is 3.09. The first-order chi connectivity index (χ1) is 11.5. The lowest BCUT2D eigenvalue weighted by molar-refractivity contribution is 0.435. The molecule has 6 nitrogen and oxygen atoms in total. The highest BCUT2D eigenvalue weighted by Crippen LogP contribution is 2.28. The molecule has 0 unspecified atom stereocenters. The highest BCUT2D eigenvalue weighted by Gasteiger charge is 2.11. The first kappa shape index (κ1) is 15.7. The van der Waals surface area contributed by atoms with Gasteiger partial charge in [0.05, 0.1) is 0 Å². The van der Waals surface area contributed by atoms with E-state index in [9.17, 15) is 0 Å². The number of nitrogens with two attached hydrogens (primary N) is 1. The van der Waals surface area contributed by atoms with Crippen LogP contribution in [0, 0.1) is 20.8 Å². The number of benzene rings is 2. The third kappa shape index (κ3) is 3.60. The van der Waals surface area contributed by atoms with Gasteiger partial charge in [-0.1, -0.05) is 35.9 Å². The quantitative estimate of drug-likeness (QED) is 0.757. The largest absolute Gasteiger partial charge is 0.424 e. The minimum Gasteiger partial charge on any atom is -0.424 e. The molecule has 2 aromatic carbocycles. The van der Waals surface area contributed by atoms with Crippen molar-refractivity contribution in [3.8, 4) is 11.8 Å². The maximum absolute atomic E-state index is 5.87. The fourth-order valence-corrected chi connectivity index (χ4v) is 2.54. The smallest absolute Gasteiger partial charge is 0.328 e. The molecule has 1 heterocycles. The number of hydrogen-bond acceptors (Lipinski definition) is 6. The first-order valence-corrected chi connectivity index (χ1v) is 7.60. The van der Waals surface area contributed by atoms with E-state index in [4.69, 9.17) is 10.5 Å². The first-order valence-electron chi connectivity index (χ1n) is 7.60. The zero-order valence-corrected chi connectivity index (χ0v) is 13.9. The van der Waals surface area contributed by atoms with Gasteiger partial charge in [-0.15, -0.1) is 0 Å². The summed E-state index contributed by atoms with van der Waals surface area (Å²) in [6, 6.07) is 13.9. The molecule has 0 aliphatic heterocycles. The number of ether oxygens (including phenoxy) is 1. The number of rotatable bonds is 4. The van der Waals surface area contributed by atoms with Gasteiger partial charge < -0.3 is 15.8 Å². The van der Waals surface area contributed by atoms with E-state index in [1.165, 1.54) is 5.56 Å². The van der Waals surface area contributed by atoms with Gasteiger partial charge in [0.2, 0.25) is 11.9 Å². The number of para-hydroxylation sites is 1. The van der Waals surface area contributed by atoms with E-state index in [1.807, 2.05) is 51.1 Å². The van der Waals surface area contributed by atoms with Crippen molar-refractivity contribution in [1.82, 2.24) is 15.0 Å². The van der Waals surface area contributed by atoms with Crippen molar-refractivity contribution >= 4 is 17.6 Å². The van der Waals surface area contributed by atoms with Crippen LogP contribution in [0.3, 0.4) is 0 Å². The van der Waals surface area contributed by atoms with Crippen molar-refractivity contribution in [3.63, 3.8) is 0 Å². The van der Waals surface area contributed by atoms with E-state index in [0.29, 0.717) is 5.95 Å². The molecule has 3 aromatic rings. The molecule has 0 aliphatic carbocycles. The molecular weight excluding hydrogens is 302 g/mol. The van der Waals surface area contributed by atoms with Crippen molar-refractivity contribution in [2.75, 3.05) is 11.1 Å². The van der Waals surface area contributed by atoms with Crippen molar-refractivity contribution in [1.29, 1.82) is 0 Å². The van der Waals surface area contributed by atoms with Crippen molar-refractivity contribution in [2.24, 2.45) is 0 Å². The zero-order chi connectivity index (χ0) is 17.1. The summed E-state index contributed by atoms with van der Waals surface area (Å²) in [6.45, 7) is 6.03. The molecule has 0 aliphatic rings. The minimum atomic E-state index is 0.0980. The summed E-state index contributed by atoms with van der Waals surface area (Å²) in [5.41, 5.74) is 9.86. The number of aryl methyl sites for hydroxylation is 3. The van der Waals surface area contributed by atoms with Crippen LogP contribution < -0.4 is 15.8 Å². The molecule has 0 bridgehead atoms. The van der Waals surface area contributed by atoms with Crippen LogP contribution in [0.2, 0.25) is 0 Å². The van der Waals surface area contributed by atoms with Gasteiger partial charge in [0.15, 0.2) is 0 Å². The average Bonchev–Trinajstić information content (AvgIpc) is 2.51. The predicted molar refractivity (Wildman–Crippen MR) is 94.7 cm³/mol. The van der Waals surface area contributed by atoms with Gasteiger partial charge in [0, 0.05) is 5.69 Å². The van der Waals surface area contributed by atoms with E-state index < -0.39 is 0 Å². The number of nitrogen functional groups attached to an aromatic ring is 1. The summed E-state index contributed by atoms with van der Waals surface area (Å²) in [4.78, 5) is 12.5. The molecule has 0 amide bonds. The molecular formula is C18H19N5O. The van der Waals surface area contributed by atoms with Crippen molar-refractivity contribution < 1.29 is 4.74 Å². The summed E-state index contributed by atoms with van der Waals surface area (Å²) in [6.07, 6.45) is 0. The number of nitrogens with one attached hydrogen (secondary N) is 1. The van der Waals surface area contributed by atoms with Gasteiger partial charge in [-0.3, -0.25) is 0 Å². The molecule has 6 heteroatoms. The second-order valence-electron chi connectivity index (χ2n) is 5.62. The van der Waals surface area contributed by atoms with E-state index in [0.717, 1.165) is 22.6 Å². The second-order valence-corrected chi connectivity index (χ2v) is 5.62. The number of hydrogen-bond donors (Lipinski definition) is 2. The number of anilines is 3. The molecule has 0 fully saturated rings. The highest BCUT2D eigenvalue weighted by atomic mass is 16.5. The van der Waals surface area contributed by atoms with Gasteiger partial charge in [-0.05, 0) is 44.0 Å². The van der Waals surface area contributed by atoms with Crippen LogP contribution in [0.1, 0.15) is 16.7 Å². The Bertz CT molecular complexity index is 842. The number of nitrogens with zero attached hydrogens (tertiary/aromatic N) is 3. The molecule has 1 aromatic heterocycles. The Kier molecular flexibility index (Phi) is 4.29. The van der Waals surface area contributed by atoms with Crippen LogP contribution in [-0.4, -0.2) is 15.0 Å². The monoisotopic (exact) mass is 321 g/mol. The molecule has 3 rings (SSSR count). The van der Waals surface area contributed by atoms with Crippen LogP contribution in [0.4, 0.5) is 17.6 Å². The van der Waals surface area contributed by atoms with Gasteiger partial charge in [0.1, 0.15) is 5.75 Å². The van der Waals surface area contributed by atoms with Crippen molar-refractivity contribution in [2.45, 2.75) is 20.8 Å². The SMILES string of the molecule is Cc1cc(C)c(Oc2nc(N)nc(Nc3ccccc3)n2)c(C)c1. The Morgan fingerprint density at radius 3 is 2.25 bits per heavy atom. The number of aromatic nitrogens is 3. The molecule has 0 spiro atoms. The lowest BCUT2D eigenvalue weighted by Gasteiger charge is -2.12. The molecule has 24 heavy (non-hydrogen) atoms. The van der Waals surface area contributed by atoms with Gasteiger partial charge in [-0.25, -0.2) is 0 Å². The van der Waals surface area contributed by atoms with Crippen LogP contribution >= 0.6 is 0 Å². The lowest BCUT2D eigenvalue weighted by Crippen LogP contribution is -2.05. The summed E-state index contributed by atoms with van der Waals surface area (Å²) in [7, 11) is 0. The maximum atomic E-state index is 5.87. The van der Waals surface area contributed by atoms with Crippen LogP contribution in [-0.2, 0) is 0 Å². The molecule has 122 valence electrons. The van der Waals surface area contributed by atoms with E-state index in [-0.39, 0.29) is 12.0 Å². The maximum Gasteiger partial charge on any atom is 0.328 e. The van der Waals surface area contributed by atoms with Crippen LogP contribution in [0.15, 0.2) is 42.5 Å². The fourth-order valence-electron chi connectivity index (χ4n) is 2.54. The summed E-state index contributed by atoms with van der Waals surface area (Å²) in [5.74, 6) is 1.17. The minimum absolute atomic E-state index is 0.0980. The molecule has 0 saturated carbocycles. The Morgan fingerprint density at radius 1 is 0.917 bits per heavy atom. The second kappa shape index (κ2) is 6.54. The topological polar surface area (TPSA) is 86.0 Å². The lowest BCUT2D eigenvalue weighted by atomic mass is 10.1. The Hall–Kier alpha value is -3.15. The molecule has 3 N–H and O–H groups in total. The summed E-state index contributed by atoms with van der Waals surface area (Å²) >= 11 is 0. The van der Waals surface area contributed by atoms with Crippen LogP contribution in [0.25, 0.3) is 0 Å². The molecule has 0 saturated heterocycles. The molecule has 0 radical (unpaired) electrons. The fraction of sp³-hybridized carbons (Fsp3) is 0.167. The van der Waals surface area contributed by atoms with Crippen molar-refractivity contribution in [3.05, 3.63) is 59.2 Å². The Balaban J connectivity index is 1.89. The average molecular weight is 321 g/mol. The standard InChI is InChI=1S/C18H19N5O/c1-11-9-12(2)15(13(3)10-11)24-18-22-16(19)21-17(23-18)20-14-7-5-4-6-8-14/h4-10H,1-3H3,(H3,19,20,21,22,23).